The van der Waals surface area contributed by atoms with E-state index in [1.165, 1.54) is 48.5 Å². The second kappa shape index (κ2) is 11.4. The molecule has 38 heavy (non-hydrogen) atoms. The van der Waals surface area contributed by atoms with Crippen LogP contribution in [0.5, 0.6) is 5.75 Å². The van der Waals surface area contributed by atoms with Gasteiger partial charge in [0.05, 0.1) is 12.2 Å². The van der Waals surface area contributed by atoms with E-state index in [1.54, 1.807) is 12.1 Å². The highest BCUT2D eigenvalue weighted by atomic mass is 19.4. The summed E-state index contributed by atoms with van der Waals surface area (Å²) in [5.74, 6) is -0.320. The van der Waals surface area contributed by atoms with Crippen LogP contribution < -0.4 is 4.74 Å². The van der Waals surface area contributed by atoms with Crippen LogP contribution in [-0.4, -0.2) is 5.11 Å². The van der Waals surface area contributed by atoms with E-state index < -0.39 is 17.6 Å². The van der Waals surface area contributed by atoms with Crippen molar-refractivity contribution >= 4 is 0 Å². The lowest BCUT2D eigenvalue weighted by Crippen LogP contribution is -2.10. The molecule has 0 aromatic heterocycles. The Morgan fingerprint density at radius 2 is 1.37 bits per heavy atom. The Bertz CT molecular complexity index is 1370. The Morgan fingerprint density at radius 3 is 1.89 bits per heavy atom. The van der Waals surface area contributed by atoms with E-state index in [0.717, 1.165) is 23.3 Å². The van der Waals surface area contributed by atoms with E-state index in [2.05, 4.69) is 0 Å². The molecule has 1 N–H and O–H groups in total. The first-order valence-corrected chi connectivity index (χ1v) is 12.2. The Kier molecular flexibility index (Phi) is 8.17. The zero-order chi connectivity index (χ0) is 27.4. The molecule has 0 unspecified atom stereocenters. The predicted molar refractivity (Wildman–Crippen MR) is 137 cm³/mol. The number of benzene rings is 4. The van der Waals surface area contributed by atoms with Crippen LogP contribution in [0.4, 0.5) is 22.0 Å². The van der Waals surface area contributed by atoms with Crippen LogP contribution in [-0.2, 0) is 25.8 Å². The molecule has 4 rings (SSSR count). The van der Waals surface area contributed by atoms with Gasteiger partial charge in [-0.25, -0.2) is 8.78 Å². The first-order chi connectivity index (χ1) is 18.1. The topological polar surface area (TPSA) is 29.5 Å². The lowest BCUT2D eigenvalue weighted by Gasteiger charge is -2.24. The molecule has 0 amide bonds. The highest BCUT2D eigenvalue weighted by molar-refractivity contribution is 5.75. The van der Waals surface area contributed by atoms with Crippen LogP contribution in [0.1, 0.15) is 53.1 Å². The fourth-order valence-corrected chi connectivity index (χ4v) is 4.54. The van der Waals surface area contributed by atoms with Crippen LogP contribution in [0.25, 0.3) is 11.1 Å². The highest BCUT2D eigenvalue weighted by Crippen LogP contribution is 2.38. The van der Waals surface area contributed by atoms with Crippen LogP contribution in [0.15, 0.2) is 78.9 Å². The van der Waals surface area contributed by atoms with Crippen molar-refractivity contribution in [1.29, 1.82) is 0 Å². The van der Waals surface area contributed by atoms with Gasteiger partial charge < -0.3 is 9.84 Å². The zero-order valence-electron chi connectivity index (χ0n) is 20.9. The van der Waals surface area contributed by atoms with Crippen molar-refractivity contribution in [3.05, 3.63) is 124 Å². The third kappa shape index (κ3) is 6.22. The number of rotatable bonds is 8. The molecule has 0 aliphatic carbocycles. The van der Waals surface area contributed by atoms with Gasteiger partial charge in [-0.1, -0.05) is 44.2 Å². The van der Waals surface area contributed by atoms with Crippen LogP contribution in [0.2, 0.25) is 0 Å². The lowest BCUT2D eigenvalue weighted by atomic mass is 9.82. The number of aliphatic hydroxyl groups is 1. The first-order valence-electron chi connectivity index (χ1n) is 12.2. The Morgan fingerprint density at radius 1 is 0.789 bits per heavy atom. The van der Waals surface area contributed by atoms with E-state index in [9.17, 15) is 27.1 Å². The third-order valence-corrected chi connectivity index (χ3v) is 6.45. The summed E-state index contributed by atoms with van der Waals surface area (Å²) in [4.78, 5) is 0. The molecule has 0 aliphatic rings. The molecule has 0 atom stereocenters. The molecule has 198 valence electrons. The standard InChI is InChI=1S/C31H27F5O2/c1-19(2)27-16-22(18-38-26-13-11-25(33)12-14-26)29(17-37)30(21-5-9-24(32)10-6-21)28(27)15-20-3-7-23(8-4-20)31(34,35)36/h3-14,16,19,37H,15,17-18H2,1-2H3. The van der Waals surface area contributed by atoms with E-state index in [0.29, 0.717) is 40.0 Å². The lowest BCUT2D eigenvalue weighted by molar-refractivity contribution is -0.137. The molecule has 4 aromatic carbocycles. The molecule has 0 spiro atoms. The Hall–Kier alpha value is -3.71. The average molecular weight is 527 g/mol. The molecule has 0 saturated heterocycles. The molecule has 2 nitrogen and oxygen atoms in total. The normalized spacial score (nSPS) is 11.7. The van der Waals surface area contributed by atoms with E-state index in [1.807, 2.05) is 19.9 Å². The summed E-state index contributed by atoms with van der Waals surface area (Å²) in [5.41, 5.74) is 4.34. The van der Waals surface area contributed by atoms with Crippen molar-refractivity contribution in [3.8, 4) is 16.9 Å². The smallest absolute Gasteiger partial charge is 0.416 e. The highest BCUT2D eigenvalue weighted by Gasteiger charge is 2.30. The maximum Gasteiger partial charge on any atom is 0.416 e. The van der Waals surface area contributed by atoms with Crippen LogP contribution in [0.3, 0.4) is 0 Å². The van der Waals surface area contributed by atoms with Gasteiger partial charge in [-0.2, -0.15) is 13.2 Å². The van der Waals surface area contributed by atoms with E-state index in [-0.39, 0.29) is 24.9 Å². The van der Waals surface area contributed by atoms with Gasteiger partial charge in [-0.3, -0.25) is 0 Å². The summed E-state index contributed by atoms with van der Waals surface area (Å²) < 4.78 is 72.3. The largest absolute Gasteiger partial charge is 0.489 e. The fraction of sp³-hybridized carbons (Fsp3) is 0.226. The summed E-state index contributed by atoms with van der Waals surface area (Å²) in [6.45, 7) is 3.76. The number of aliphatic hydroxyl groups excluding tert-OH is 1. The summed E-state index contributed by atoms with van der Waals surface area (Å²) in [7, 11) is 0. The van der Waals surface area contributed by atoms with Gasteiger partial charge in [0.15, 0.2) is 0 Å². The van der Waals surface area contributed by atoms with Gasteiger partial charge in [0.2, 0.25) is 0 Å². The van der Waals surface area contributed by atoms with Gasteiger partial charge in [0, 0.05) is 0 Å². The maximum atomic E-state index is 13.8. The molecule has 7 heteroatoms. The van der Waals surface area contributed by atoms with Gasteiger partial charge in [-0.15, -0.1) is 0 Å². The Labute approximate surface area is 218 Å². The average Bonchev–Trinajstić information content (AvgIpc) is 2.88. The molecule has 0 fully saturated rings. The molecule has 0 bridgehead atoms. The van der Waals surface area contributed by atoms with Crippen molar-refractivity contribution < 1.29 is 31.8 Å². The first kappa shape index (κ1) is 27.3. The second-order valence-electron chi connectivity index (χ2n) is 9.39. The minimum Gasteiger partial charge on any atom is -0.489 e. The van der Waals surface area contributed by atoms with Crippen molar-refractivity contribution in [2.75, 3.05) is 0 Å². The SMILES string of the molecule is CC(C)c1cc(COc2ccc(F)cc2)c(CO)c(-c2ccc(F)cc2)c1Cc1ccc(C(F)(F)F)cc1. The van der Waals surface area contributed by atoms with Crippen molar-refractivity contribution in [2.24, 2.45) is 0 Å². The van der Waals surface area contributed by atoms with Gasteiger partial charge in [-0.05, 0) is 99.8 Å². The summed E-state index contributed by atoms with van der Waals surface area (Å²) in [5, 5.41) is 10.5. The number of halogens is 5. The summed E-state index contributed by atoms with van der Waals surface area (Å²) in [6, 6.07) is 18.4. The molecule has 4 aromatic rings. The number of alkyl halides is 3. The maximum absolute atomic E-state index is 13.8. The predicted octanol–water partition coefficient (Wildman–Crippen LogP) is 8.44. The van der Waals surface area contributed by atoms with E-state index >= 15 is 0 Å². The molecule has 0 heterocycles. The number of hydrogen-bond donors (Lipinski definition) is 1. The Balaban J connectivity index is 1.84. The molecule has 0 aliphatic heterocycles. The van der Waals surface area contributed by atoms with Crippen molar-refractivity contribution in [2.45, 2.75) is 45.6 Å². The van der Waals surface area contributed by atoms with Gasteiger partial charge >= 0.3 is 6.18 Å². The van der Waals surface area contributed by atoms with Crippen LogP contribution in [0, 0.1) is 11.6 Å². The van der Waals surface area contributed by atoms with Crippen molar-refractivity contribution in [3.63, 3.8) is 0 Å². The fourth-order valence-electron chi connectivity index (χ4n) is 4.54. The van der Waals surface area contributed by atoms with Crippen LogP contribution >= 0.6 is 0 Å². The number of hydrogen-bond acceptors (Lipinski definition) is 2. The summed E-state index contributed by atoms with van der Waals surface area (Å²) >= 11 is 0. The molecular formula is C31H27F5O2. The minimum absolute atomic E-state index is 0.0240. The molecular weight excluding hydrogens is 499 g/mol. The van der Waals surface area contributed by atoms with Gasteiger partial charge in [0.1, 0.15) is 24.0 Å². The van der Waals surface area contributed by atoms with Crippen molar-refractivity contribution in [1.82, 2.24) is 0 Å². The van der Waals surface area contributed by atoms with Gasteiger partial charge in [0.25, 0.3) is 0 Å². The third-order valence-electron chi connectivity index (χ3n) is 6.45. The quantitative estimate of drug-likeness (QED) is 0.234. The monoisotopic (exact) mass is 526 g/mol. The second-order valence-corrected chi connectivity index (χ2v) is 9.39. The van der Waals surface area contributed by atoms with E-state index in [4.69, 9.17) is 4.74 Å². The zero-order valence-corrected chi connectivity index (χ0v) is 20.9. The minimum atomic E-state index is -4.43. The molecule has 0 radical (unpaired) electrons. The summed E-state index contributed by atoms with van der Waals surface area (Å²) in [6.07, 6.45) is -4.12. The molecule has 0 saturated carbocycles. The number of ether oxygens (including phenoxy) is 1.